The molecule has 5 nitrogen and oxygen atoms in total. The third-order valence-electron chi connectivity index (χ3n) is 3.91. The number of hydrogen-bond acceptors (Lipinski definition) is 5. The Hall–Kier alpha value is -2.95. The summed E-state index contributed by atoms with van der Waals surface area (Å²) in [5.41, 5.74) is 3.19. The van der Waals surface area contributed by atoms with Crippen molar-refractivity contribution in [2.75, 3.05) is 21.3 Å². The minimum absolute atomic E-state index is 0.256. The number of rotatable bonds is 5. The van der Waals surface area contributed by atoms with Crippen molar-refractivity contribution in [2.24, 2.45) is 0 Å². The maximum atomic E-state index is 11.9. The highest BCUT2D eigenvalue weighted by molar-refractivity contribution is 5.98. The van der Waals surface area contributed by atoms with Gasteiger partial charge in [-0.15, -0.1) is 0 Å². The van der Waals surface area contributed by atoms with Crippen LogP contribution in [0, 0.1) is 0 Å². The Labute approximate surface area is 140 Å². The van der Waals surface area contributed by atoms with E-state index >= 15 is 0 Å². The van der Waals surface area contributed by atoms with Crippen molar-refractivity contribution in [3.05, 3.63) is 52.6 Å². The monoisotopic (exact) mass is 326 g/mol. The maximum Gasteiger partial charge on any atom is 0.342 e. The summed E-state index contributed by atoms with van der Waals surface area (Å²) >= 11 is 0. The van der Waals surface area contributed by atoms with E-state index in [1.54, 1.807) is 27.4 Å². The van der Waals surface area contributed by atoms with Gasteiger partial charge in [-0.3, -0.25) is 0 Å². The van der Waals surface area contributed by atoms with Crippen LogP contribution in [-0.4, -0.2) is 27.3 Å². The van der Waals surface area contributed by atoms with Gasteiger partial charge in [-0.2, -0.15) is 0 Å². The SMILES string of the molecule is COc1cc(/C=C/c2ccc(OC)c3c2COC3=O)cc(OC)c1. The molecule has 0 atom stereocenters. The topological polar surface area (TPSA) is 54.0 Å². The third-order valence-corrected chi connectivity index (χ3v) is 3.91. The first-order valence-corrected chi connectivity index (χ1v) is 7.44. The first-order chi connectivity index (χ1) is 11.7. The second kappa shape index (κ2) is 6.66. The molecule has 3 rings (SSSR count). The molecule has 0 bridgehead atoms. The second-order valence-electron chi connectivity index (χ2n) is 5.27. The molecule has 0 aromatic heterocycles. The van der Waals surface area contributed by atoms with E-state index in [4.69, 9.17) is 18.9 Å². The smallest absolute Gasteiger partial charge is 0.342 e. The zero-order valence-corrected chi connectivity index (χ0v) is 13.8. The fraction of sp³-hybridized carbons (Fsp3) is 0.211. The van der Waals surface area contributed by atoms with E-state index in [1.165, 1.54) is 0 Å². The zero-order valence-electron chi connectivity index (χ0n) is 13.8. The number of benzene rings is 2. The molecule has 0 unspecified atom stereocenters. The van der Waals surface area contributed by atoms with Crippen LogP contribution in [-0.2, 0) is 11.3 Å². The fourth-order valence-corrected chi connectivity index (χ4v) is 2.67. The summed E-state index contributed by atoms with van der Waals surface area (Å²) in [6.07, 6.45) is 3.88. The average Bonchev–Trinajstić information content (AvgIpc) is 3.01. The molecule has 0 aliphatic carbocycles. The summed E-state index contributed by atoms with van der Waals surface area (Å²) in [6.45, 7) is 0.256. The van der Waals surface area contributed by atoms with E-state index < -0.39 is 0 Å². The molecule has 1 heterocycles. The molecule has 2 aromatic carbocycles. The standard InChI is InChI=1S/C19H18O5/c1-21-14-8-12(9-15(10-14)22-2)4-5-13-6-7-17(23-3)18-16(13)11-24-19(18)20/h4-10H,11H2,1-3H3/b5-4+. The Bertz CT molecular complexity index is 785. The van der Waals surface area contributed by atoms with Gasteiger partial charge in [-0.05, 0) is 29.3 Å². The van der Waals surface area contributed by atoms with Crippen molar-refractivity contribution in [1.29, 1.82) is 0 Å². The Balaban J connectivity index is 1.98. The Morgan fingerprint density at radius 3 is 2.29 bits per heavy atom. The van der Waals surface area contributed by atoms with Gasteiger partial charge in [0, 0.05) is 11.6 Å². The number of ether oxygens (including phenoxy) is 4. The Morgan fingerprint density at radius 2 is 1.67 bits per heavy atom. The highest BCUT2D eigenvalue weighted by Gasteiger charge is 2.27. The normalized spacial score (nSPS) is 12.9. The van der Waals surface area contributed by atoms with Gasteiger partial charge in [0.15, 0.2) is 0 Å². The highest BCUT2D eigenvalue weighted by Crippen LogP contribution is 2.33. The zero-order chi connectivity index (χ0) is 17.1. The molecule has 1 aliphatic rings. The lowest BCUT2D eigenvalue weighted by Gasteiger charge is -2.07. The van der Waals surface area contributed by atoms with Gasteiger partial charge in [-0.1, -0.05) is 18.2 Å². The predicted molar refractivity (Wildman–Crippen MR) is 90.6 cm³/mol. The Morgan fingerprint density at radius 1 is 0.958 bits per heavy atom. The van der Waals surface area contributed by atoms with Crippen molar-refractivity contribution in [3.63, 3.8) is 0 Å². The van der Waals surface area contributed by atoms with Crippen LogP contribution in [0.15, 0.2) is 30.3 Å². The molecule has 0 spiro atoms. The van der Waals surface area contributed by atoms with E-state index in [9.17, 15) is 4.79 Å². The number of esters is 1. The molecular formula is C19H18O5. The van der Waals surface area contributed by atoms with Gasteiger partial charge in [0.25, 0.3) is 0 Å². The van der Waals surface area contributed by atoms with E-state index in [-0.39, 0.29) is 12.6 Å². The van der Waals surface area contributed by atoms with Gasteiger partial charge in [-0.25, -0.2) is 4.79 Å². The van der Waals surface area contributed by atoms with Gasteiger partial charge >= 0.3 is 5.97 Å². The molecule has 0 fully saturated rings. The third kappa shape index (κ3) is 2.93. The summed E-state index contributed by atoms with van der Waals surface area (Å²) in [5.74, 6) is 1.62. The molecule has 0 saturated heterocycles. The lowest BCUT2D eigenvalue weighted by molar-refractivity contribution is 0.0533. The molecule has 0 radical (unpaired) electrons. The predicted octanol–water partition coefficient (Wildman–Crippen LogP) is 3.55. The van der Waals surface area contributed by atoms with Crippen LogP contribution >= 0.6 is 0 Å². The number of cyclic esters (lactones) is 1. The summed E-state index contributed by atoms with van der Waals surface area (Å²) in [5, 5.41) is 0. The maximum absolute atomic E-state index is 11.9. The highest BCUT2D eigenvalue weighted by atomic mass is 16.5. The van der Waals surface area contributed by atoms with Crippen LogP contribution in [0.3, 0.4) is 0 Å². The van der Waals surface area contributed by atoms with Crippen molar-refractivity contribution >= 4 is 18.1 Å². The second-order valence-corrected chi connectivity index (χ2v) is 5.27. The van der Waals surface area contributed by atoms with Crippen LogP contribution in [0.1, 0.15) is 27.0 Å². The first kappa shape index (κ1) is 15.9. The molecule has 0 amide bonds. The van der Waals surface area contributed by atoms with Crippen LogP contribution in [0.2, 0.25) is 0 Å². The van der Waals surface area contributed by atoms with E-state index in [0.717, 1.165) is 16.7 Å². The number of carbonyl (C=O) groups is 1. The average molecular weight is 326 g/mol. The van der Waals surface area contributed by atoms with E-state index in [1.807, 2.05) is 36.4 Å². The first-order valence-electron chi connectivity index (χ1n) is 7.44. The molecule has 1 aliphatic heterocycles. The number of hydrogen-bond donors (Lipinski definition) is 0. The lowest BCUT2D eigenvalue weighted by Crippen LogP contribution is -1.99. The van der Waals surface area contributed by atoms with Gasteiger partial charge in [0.05, 0.1) is 21.3 Å². The number of methoxy groups -OCH3 is 3. The molecule has 0 N–H and O–H groups in total. The molecule has 5 heteroatoms. The van der Waals surface area contributed by atoms with Crippen molar-refractivity contribution in [1.82, 2.24) is 0 Å². The summed E-state index contributed by atoms with van der Waals surface area (Å²) < 4.78 is 20.9. The van der Waals surface area contributed by atoms with Crippen molar-refractivity contribution in [3.8, 4) is 17.2 Å². The summed E-state index contributed by atoms with van der Waals surface area (Å²) in [4.78, 5) is 11.9. The number of fused-ring (bicyclic) bond motifs is 1. The number of carbonyl (C=O) groups excluding carboxylic acids is 1. The molecule has 0 saturated carbocycles. The van der Waals surface area contributed by atoms with Gasteiger partial charge in [0.1, 0.15) is 29.4 Å². The van der Waals surface area contributed by atoms with Crippen LogP contribution in [0.5, 0.6) is 17.2 Å². The Kier molecular flexibility index (Phi) is 4.42. The fourth-order valence-electron chi connectivity index (χ4n) is 2.67. The van der Waals surface area contributed by atoms with E-state index in [2.05, 4.69) is 0 Å². The summed E-state index contributed by atoms with van der Waals surface area (Å²) in [6, 6.07) is 9.31. The minimum atomic E-state index is -0.347. The largest absolute Gasteiger partial charge is 0.497 e. The van der Waals surface area contributed by atoms with Gasteiger partial charge < -0.3 is 18.9 Å². The summed E-state index contributed by atoms with van der Waals surface area (Å²) in [7, 11) is 4.77. The van der Waals surface area contributed by atoms with Gasteiger partial charge in [0.2, 0.25) is 0 Å². The van der Waals surface area contributed by atoms with Crippen LogP contribution in [0.4, 0.5) is 0 Å². The minimum Gasteiger partial charge on any atom is -0.497 e. The molecular weight excluding hydrogens is 308 g/mol. The van der Waals surface area contributed by atoms with Crippen molar-refractivity contribution < 1.29 is 23.7 Å². The molecule has 2 aromatic rings. The molecule has 124 valence electrons. The van der Waals surface area contributed by atoms with Crippen molar-refractivity contribution in [2.45, 2.75) is 6.61 Å². The van der Waals surface area contributed by atoms with E-state index in [0.29, 0.717) is 22.8 Å². The van der Waals surface area contributed by atoms with Crippen LogP contribution < -0.4 is 14.2 Å². The molecule has 24 heavy (non-hydrogen) atoms. The quantitative estimate of drug-likeness (QED) is 0.621. The lowest BCUT2D eigenvalue weighted by atomic mass is 10.0. The van der Waals surface area contributed by atoms with Crippen LogP contribution in [0.25, 0.3) is 12.2 Å².